The molecular formula is C15H23FN2O2. The van der Waals surface area contributed by atoms with Gasteiger partial charge in [0.2, 0.25) is 0 Å². The van der Waals surface area contributed by atoms with Crippen LogP contribution in [-0.2, 0) is 6.54 Å². The molecule has 0 amide bonds. The normalized spacial score (nSPS) is 10.7. The zero-order chi connectivity index (χ0) is 14.8. The maximum Gasteiger partial charge on any atom is 0.274 e. The predicted octanol–water partition coefficient (Wildman–Crippen LogP) is 4.18. The van der Waals surface area contributed by atoms with E-state index < -0.39 is 10.7 Å². The molecule has 0 saturated carbocycles. The van der Waals surface area contributed by atoms with Gasteiger partial charge >= 0.3 is 0 Å². The molecule has 0 bridgehead atoms. The summed E-state index contributed by atoms with van der Waals surface area (Å²) in [5.41, 5.74) is 0.378. The highest BCUT2D eigenvalue weighted by Crippen LogP contribution is 2.19. The molecule has 20 heavy (non-hydrogen) atoms. The topological polar surface area (TPSA) is 55.2 Å². The second kappa shape index (κ2) is 9.42. The first kappa shape index (κ1) is 16.6. The highest BCUT2D eigenvalue weighted by molar-refractivity contribution is 5.40. The van der Waals surface area contributed by atoms with Crippen molar-refractivity contribution < 1.29 is 9.31 Å². The lowest BCUT2D eigenvalue weighted by Gasteiger charge is -2.06. The van der Waals surface area contributed by atoms with Gasteiger partial charge in [-0.2, -0.15) is 0 Å². The van der Waals surface area contributed by atoms with Gasteiger partial charge in [-0.05, 0) is 25.1 Å². The molecule has 0 aliphatic heterocycles. The van der Waals surface area contributed by atoms with E-state index in [9.17, 15) is 14.5 Å². The second-order valence-corrected chi connectivity index (χ2v) is 4.97. The molecule has 1 aromatic rings. The van der Waals surface area contributed by atoms with Gasteiger partial charge in [-0.1, -0.05) is 39.0 Å². The Labute approximate surface area is 119 Å². The molecule has 1 N–H and O–H groups in total. The predicted molar refractivity (Wildman–Crippen MR) is 78.1 cm³/mol. The van der Waals surface area contributed by atoms with E-state index in [1.165, 1.54) is 37.8 Å². The van der Waals surface area contributed by atoms with Crippen LogP contribution in [0.25, 0.3) is 0 Å². The van der Waals surface area contributed by atoms with Gasteiger partial charge in [0, 0.05) is 18.2 Å². The molecule has 1 rings (SSSR count). The first-order chi connectivity index (χ1) is 9.65. The lowest BCUT2D eigenvalue weighted by molar-refractivity contribution is -0.385. The lowest BCUT2D eigenvalue weighted by atomic mass is 10.1. The van der Waals surface area contributed by atoms with Crippen molar-refractivity contribution in [2.24, 2.45) is 0 Å². The van der Waals surface area contributed by atoms with E-state index in [1.54, 1.807) is 0 Å². The molecule has 4 nitrogen and oxygen atoms in total. The van der Waals surface area contributed by atoms with Gasteiger partial charge in [-0.25, -0.2) is 4.39 Å². The summed E-state index contributed by atoms with van der Waals surface area (Å²) in [4.78, 5) is 10.4. The maximum atomic E-state index is 13.1. The van der Waals surface area contributed by atoms with Crippen LogP contribution in [0.15, 0.2) is 18.2 Å². The number of nitro groups is 1. The zero-order valence-corrected chi connectivity index (χ0v) is 12.0. The summed E-state index contributed by atoms with van der Waals surface area (Å²) in [7, 11) is 0. The summed E-state index contributed by atoms with van der Waals surface area (Å²) in [5.74, 6) is -0.438. The number of unbranched alkanes of at least 4 members (excludes halogenated alkanes) is 5. The number of hydrogen-bond donors (Lipinski definition) is 1. The van der Waals surface area contributed by atoms with Crippen LogP contribution in [0.2, 0.25) is 0 Å². The fourth-order valence-electron chi connectivity index (χ4n) is 2.13. The monoisotopic (exact) mass is 282 g/mol. The molecule has 0 aliphatic rings. The molecule has 0 aliphatic carbocycles. The van der Waals surface area contributed by atoms with Crippen LogP contribution in [0, 0.1) is 15.9 Å². The zero-order valence-electron chi connectivity index (χ0n) is 12.0. The number of benzene rings is 1. The van der Waals surface area contributed by atoms with Gasteiger partial charge in [0.15, 0.2) is 0 Å². The SMILES string of the molecule is CCCCCCCCNCc1cc(F)ccc1[N+](=O)[O-]. The number of nitrogens with zero attached hydrogens (tertiary/aromatic N) is 1. The molecule has 0 saturated heterocycles. The van der Waals surface area contributed by atoms with E-state index in [0.29, 0.717) is 12.1 Å². The summed E-state index contributed by atoms with van der Waals surface area (Å²) in [6.45, 7) is 3.33. The molecule has 112 valence electrons. The van der Waals surface area contributed by atoms with Crippen molar-refractivity contribution in [1.82, 2.24) is 5.32 Å². The van der Waals surface area contributed by atoms with Crippen molar-refractivity contribution in [2.45, 2.75) is 52.0 Å². The van der Waals surface area contributed by atoms with E-state index in [1.807, 2.05) is 0 Å². The number of nitro benzene ring substituents is 1. The van der Waals surface area contributed by atoms with Gasteiger partial charge < -0.3 is 5.32 Å². The van der Waals surface area contributed by atoms with Gasteiger partial charge in [0.1, 0.15) is 5.82 Å². The maximum absolute atomic E-state index is 13.1. The van der Waals surface area contributed by atoms with E-state index >= 15 is 0 Å². The third-order valence-corrected chi connectivity index (χ3v) is 3.26. The van der Waals surface area contributed by atoms with Crippen LogP contribution in [0.1, 0.15) is 51.0 Å². The van der Waals surface area contributed by atoms with E-state index in [0.717, 1.165) is 25.5 Å². The van der Waals surface area contributed by atoms with Crippen LogP contribution in [0.5, 0.6) is 0 Å². The quantitative estimate of drug-likeness (QED) is 0.398. The first-order valence-corrected chi connectivity index (χ1v) is 7.28. The number of nitrogens with one attached hydrogen (secondary N) is 1. The summed E-state index contributed by atoms with van der Waals surface area (Å²) in [5, 5.41) is 14.0. The van der Waals surface area contributed by atoms with Crippen LogP contribution >= 0.6 is 0 Å². The Balaban J connectivity index is 2.28. The van der Waals surface area contributed by atoms with E-state index in [-0.39, 0.29) is 5.69 Å². The fourth-order valence-corrected chi connectivity index (χ4v) is 2.13. The van der Waals surface area contributed by atoms with Gasteiger partial charge in [0.05, 0.1) is 4.92 Å². The summed E-state index contributed by atoms with van der Waals surface area (Å²) in [6.07, 6.45) is 7.23. The minimum absolute atomic E-state index is 0.0261. The Morgan fingerprint density at radius 3 is 2.60 bits per heavy atom. The van der Waals surface area contributed by atoms with Crippen molar-refractivity contribution in [1.29, 1.82) is 0 Å². The fraction of sp³-hybridized carbons (Fsp3) is 0.600. The molecule has 0 fully saturated rings. The summed E-state index contributed by atoms with van der Waals surface area (Å²) in [6, 6.07) is 3.57. The average Bonchev–Trinajstić information content (AvgIpc) is 2.41. The molecule has 0 aromatic heterocycles. The van der Waals surface area contributed by atoms with Crippen LogP contribution in [0.3, 0.4) is 0 Å². The summed E-state index contributed by atoms with van der Waals surface area (Å²) >= 11 is 0. The molecule has 5 heteroatoms. The number of rotatable bonds is 10. The van der Waals surface area contributed by atoms with Gasteiger partial charge in [-0.15, -0.1) is 0 Å². The van der Waals surface area contributed by atoms with Crippen LogP contribution in [-0.4, -0.2) is 11.5 Å². The minimum Gasteiger partial charge on any atom is -0.312 e. The Bertz CT molecular complexity index is 424. The van der Waals surface area contributed by atoms with Gasteiger partial charge in [0.25, 0.3) is 5.69 Å². The highest BCUT2D eigenvalue weighted by Gasteiger charge is 2.13. The third-order valence-electron chi connectivity index (χ3n) is 3.26. The molecule has 0 radical (unpaired) electrons. The van der Waals surface area contributed by atoms with Crippen molar-refractivity contribution in [3.63, 3.8) is 0 Å². The molecule has 0 spiro atoms. The van der Waals surface area contributed by atoms with Crippen molar-refractivity contribution in [3.05, 3.63) is 39.7 Å². The van der Waals surface area contributed by atoms with E-state index in [2.05, 4.69) is 12.2 Å². The first-order valence-electron chi connectivity index (χ1n) is 7.28. The average molecular weight is 282 g/mol. The molecule has 0 unspecified atom stereocenters. The van der Waals surface area contributed by atoms with Crippen LogP contribution in [0.4, 0.5) is 10.1 Å². The van der Waals surface area contributed by atoms with E-state index in [4.69, 9.17) is 0 Å². The Morgan fingerprint density at radius 1 is 1.20 bits per heavy atom. The Morgan fingerprint density at radius 2 is 1.90 bits per heavy atom. The standard InChI is InChI=1S/C15H23FN2O2/c1-2-3-4-5-6-7-10-17-12-13-11-14(16)8-9-15(13)18(19)20/h8-9,11,17H,2-7,10,12H2,1H3. The number of halogens is 1. The van der Waals surface area contributed by atoms with Gasteiger partial charge in [-0.3, -0.25) is 10.1 Å². The highest BCUT2D eigenvalue weighted by atomic mass is 19.1. The van der Waals surface area contributed by atoms with Crippen LogP contribution < -0.4 is 5.32 Å². The van der Waals surface area contributed by atoms with Crippen molar-refractivity contribution in [2.75, 3.05) is 6.54 Å². The Kier molecular flexibility index (Phi) is 7.80. The molecule has 0 heterocycles. The second-order valence-electron chi connectivity index (χ2n) is 4.97. The van der Waals surface area contributed by atoms with Crippen molar-refractivity contribution in [3.8, 4) is 0 Å². The Hall–Kier alpha value is -1.49. The smallest absolute Gasteiger partial charge is 0.274 e. The lowest BCUT2D eigenvalue weighted by Crippen LogP contribution is -2.15. The van der Waals surface area contributed by atoms with Crippen molar-refractivity contribution >= 4 is 5.69 Å². The summed E-state index contributed by atoms with van der Waals surface area (Å²) < 4.78 is 13.1. The molecular weight excluding hydrogens is 259 g/mol. The number of hydrogen-bond acceptors (Lipinski definition) is 3. The largest absolute Gasteiger partial charge is 0.312 e. The molecule has 1 aromatic carbocycles. The third kappa shape index (κ3) is 6.10. The molecule has 0 atom stereocenters. The minimum atomic E-state index is -0.471.